The molecule has 0 amide bonds. The minimum Gasteiger partial charge on any atom is -0.481 e. The van der Waals surface area contributed by atoms with E-state index in [1.54, 1.807) is 24.3 Å². The normalized spacial score (nSPS) is 11.1. The molecule has 0 radical (unpaired) electrons. The average molecular weight is 255 g/mol. The Bertz CT molecular complexity index is 448. The fraction of sp³-hybridized carbons (Fsp3) is 0.167. The molecule has 0 bridgehead atoms. The quantitative estimate of drug-likeness (QED) is 0.662. The van der Waals surface area contributed by atoms with Crippen LogP contribution in [0, 0.1) is 0 Å². The highest BCUT2D eigenvalue weighted by Gasteiger charge is 2.13. The number of esters is 1. The van der Waals surface area contributed by atoms with Crippen LogP contribution >= 0.6 is 11.6 Å². The molecule has 0 heterocycles. The van der Waals surface area contributed by atoms with Gasteiger partial charge in [0.2, 0.25) is 0 Å². The standard InChI is InChI=1S/C12H11ClO4/c1-17-12(16)9(7-11(14)15)6-8-2-4-10(13)5-3-8/h2-6H,7H2,1H3,(H,14,15)/b9-6+. The number of carboxylic acid groups (broad SMARTS) is 1. The van der Waals surface area contributed by atoms with Gasteiger partial charge in [-0.1, -0.05) is 23.7 Å². The lowest BCUT2D eigenvalue weighted by Crippen LogP contribution is -2.09. The highest BCUT2D eigenvalue weighted by atomic mass is 35.5. The summed E-state index contributed by atoms with van der Waals surface area (Å²) in [5, 5.41) is 9.25. The predicted octanol–water partition coefficient (Wildman–Crippen LogP) is 2.37. The Balaban J connectivity index is 3.00. The van der Waals surface area contributed by atoms with Crippen LogP contribution < -0.4 is 0 Å². The van der Waals surface area contributed by atoms with Crippen LogP contribution in [-0.4, -0.2) is 24.2 Å². The molecule has 0 aromatic heterocycles. The van der Waals surface area contributed by atoms with Crippen molar-refractivity contribution < 1.29 is 19.4 Å². The minimum absolute atomic E-state index is 0.0855. The van der Waals surface area contributed by atoms with Crippen LogP contribution in [0.1, 0.15) is 12.0 Å². The second kappa shape index (κ2) is 6.06. The Kier molecular flexibility index (Phi) is 4.72. The molecular weight excluding hydrogens is 244 g/mol. The van der Waals surface area contributed by atoms with Crippen molar-refractivity contribution >= 4 is 29.6 Å². The molecule has 5 heteroatoms. The number of ether oxygens (including phenoxy) is 1. The molecule has 1 N–H and O–H groups in total. The van der Waals surface area contributed by atoms with Crippen molar-refractivity contribution in [3.63, 3.8) is 0 Å². The second-order valence-electron chi connectivity index (χ2n) is 3.28. The monoisotopic (exact) mass is 254 g/mol. The van der Waals surface area contributed by atoms with Gasteiger partial charge in [0, 0.05) is 10.6 Å². The Morgan fingerprint density at radius 1 is 1.35 bits per heavy atom. The molecular formula is C12H11ClO4. The summed E-state index contributed by atoms with van der Waals surface area (Å²) in [4.78, 5) is 21.9. The van der Waals surface area contributed by atoms with Gasteiger partial charge < -0.3 is 9.84 Å². The SMILES string of the molecule is COC(=O)/C(=C/c1ccc(Cl)cc1)CC(=O)O. The first-order valence-corrected chi connectivity index (χ1v) is 5.17. The van der Waals surface area contributed by atoms with E-state index in [1.807, 2.05) is 0 Å². The van der Waals surface area contributed by atoms with Crippen molar-refractivity contribution in [1.82, 2.24) is 0 Å². The third-order valence-corrected chi connectivity index (χ3v) is 2.25. The number of hydrogen-bond acceptors (Lipinski definition) is 3. The van der Waals surface area contributed by atoms with Crippen molar-refractivity contribution in [2.45, 2.75) is 6.42 Å². The summed E-state index contributed by atoms with van der Waals surface area (Å²) in [6.45, 7) is 0. The van der Waals surface area contributed by atoms with Gasteiger partial charge in [-0.3, -0.25) is 4.79 Å². The number of halogens is 1. The fourth-order valence-corrected chi connectivity index (χ4v) is 1.36. The van der Waals surface area contributed by atoms with Gasteiger partial charge >= 0.3 is 11.9 Å². The van der Waals surface area contributed by atoms with Crippen molar-refractivity contribution in [1.29, 1.82) is 0 Å². The van der Waals surface area contributed by atoms with Gasteiger partial charge in [-0.25, -0.2) is 4.79 Å². The maximum Gasteiger partial charge on any atom is 0.334 e. The summed E-state index contributed by atoms with van der Waals surface area (Å²) < 4.78 is 4.51. The maximum absolute atomic E-state index is 11.3. The van der Waals surface area contributed by atoms with Gasteiger partial charge in [-0.2, -0.15) is 0 Å². The van der Waals surface area contributed by atoms with Gasteiger partial charge in [0.15, 0.2) is 0 Å². The number of aliphatic carboxylic acids is 1. The smallest absolute Gasteiger partial charge is 0.334 e. The molecule has 0 atom stereocenters. The Morgan fingerprint density at radius 3 is 2.41 bits per heavy atom. The molecule has 17 heavy (non-hydrogen) atoms. The third kappa shape index (κ3) is 4.28. The number of rotatable bonds is 4. The van der Waals surface area contributed by atoms with Crippen LogP contribution in [0.2, 0.25) is 5.02 Å². The number of carboxylic acids is 1. The van der Waals surface area contributed by atoms with Gasteiger partial charge in [0.25, 0.3) is 0 Å². The molecule has 90 valence electrons. The average Bonchev–Trinajstić information content (AvgIpc) is 2.29. The molecule has 1 aromatic rings. The molecule has 0 fully saturated rings. The number of hydrogen-bond donors (Lipinski definition) is 1. The third-order valence-electron chi connectivity index (χ3n) is 2.00. The first-order chi connectivity index (χ1) is 8.02. The van der Waals surface area contributed by atoms with Crippen LogP contribution in [0.25, 0.3) is 6.08 Å². The molecule has 0 spiro atoms. The first-order valence-electron chi connectivity index (χ1n) is 4.79. The van der Waals surface area contributed by atoms with Crippen molar-refractivity contribution in [3.05, 3.63) is 40.4 Å². The van der Waals surface area contributed by atoms with Crippen LogP contribution in [-0.2, 0) is 14.3 Å². The molecule has 0 saturated carbocycles. The van der Waals surface area contributed by atoms with Crippen LogP contribution in [0.4, 0.5) is 0 Å². The fourth-order valence-electron chi connectivity index (χ4n) is 1.24. The maximum atomic E-state index is 11.3. The number of benzene rings is 1. The second-order valence-corrected chi connectivity index (χ2v) is 3.72. The Hall–Kier alpha value is -1.81. The van der Waals surface area contributed by atoms with E-state index in [-0.39, 0.29) is 12.0 Å². The van der Waals surface area contributed by atoms with E-state index in [4.69, 9.17) is 16.7 Å². The lowest BCUT2D eigenvalue weighted by molar-refractivity contribution is -0.141. The van der Waals surface area contributed by atoms with E-state index in [0.29, 0.717) is 10.6 Å². The van der Waals surface area contributed by atoms with E-state index in [0.717, 1.165) is 0 Å². The van der Waals surface area contributed by atoms with Gasteiger partial charge in [0.1, 0.15) is 0 Å². The zero-order valence-corrected chi connectivity index (χ0v) is 9.90. The molecule has 0 aliphatic carbocycles. The van der Waals surface area contributed by atoms with E-state index >= 15 is 0 Å². The highest BCUT2D eigenvalue weighted by Crippen LogP contribution is 2.15. The van der Waals surface area contributed by atoms with Crippen molar-refractivity contribution in [2.75, 3.05) is 7.11 Å². The Morgan fingerprint density at radius 2 is 1.94 bits per heavy atom. The lowest BCUT2D eigenvalue weighted by Gasteiger charge is -2.02. The van der Waals surface area contributed by atoms with Crippen LogP contribution in [0.3, 0.4) is 0 Å². The van der Waals surface area contributed by atoms with Crippen LogP contribution in [0.15, 0.2) is 29.8 Å². The molecule has 0 unspecified atom stereocenters. The van der Waals surface area contributed by atoms with Gasteiger partial charge in [-0.15, -0.1) is 0 Å². The van der Waals surface area contributed by atoms with Gasteiger partial charge in [-0.05, 0) is 23.8 Å². The summed E-state index contributed by atoms with van der Waals surface area (Å²) in [5.41, 5.74) is 0.776. The number of carbonyl (C=O) groups excluding carboxylic acids is 1. The molecule has 0 aliphatic heterocycles. The molecule has 4 nitrogen and oxygen atoms in total. The molecule has 0 saturated heterocycles. The summed E-state index contributed by atoms with van der Waals surface area (Å²) in [6, 6.07) is 6.69. The van der Waals surface area contributed by atoms with E-state index in [9.17, 15) is 9.59 Å². The van der Waals surface area contributed by atoms with Crippen molar-refractivity contribution in [2.24, 2.45) is 0 Å². The summed E-state index contributed by atoms with van der Waals surface area (Å²) in [5.74, 6) is -1.74. The summed E-state index contributed by atoms with van der Waals surface area (Å²) in [7, 11) is 1.21. The van der Waals surface area contributed by atoms with E-state index in [1.165, 1.54) is 13.2 Å². The van der Waals surface area contributed by atoms with E-state index < -0.39 is 11.9 Å². The predicted molar refractivity (Wildman–Crippen MR) is 63.7 cm³/mol. The largest absolute Gasteiger partial charge is 0.481 e. The lowest BCUT2D eigenvalue weighted by atomic mass is 10.1. The highest BCUT2D eigenvalue weighted by molar-refractivity contribution is 6.30. The van der Waals surface area contributed by atoms with Gasteiger partial charge in [0.05, 0.1) is 13.5 Å². The van der Waals surface area contributed by atoms with Crippen LogP contribution in [0.5, 0.6) is 0 Å². The minimum atomic E-state index is -1.09. The zero-order valence-electron chi connectivity index (χ0n) is 9.14. The van der Waals surface area contributed by atoms with E-state index in [2.05, 4.69) is 4.74 Å². The zero-order chi connectivity index (χ0) is 12.8. The van der Waals surface area contributed by atoms with Crippen molar-refractivity contribution in [3.8, 4) is 0 Å². The molecule has 1 aromatic carbocycles. The number of methoxy groups -OCH3 is 1. The number of carbonyl (C=O) groups is 2. The first kappa shape index (κ1) is 13.3. The topological polar surface area (TPSA) is 63.6 Å². The molecule has 0 aliphatic rings. The summed E-state index contributed by atoms with van der Waals surface area (Å²) >= 11 is 5.72. The Labute approximate surface area is 103 Å². The summed E-state index contributed by atoms with van der Waals surface area (Å²) in [6.07, 6.45) is 1.09. The molecule has 1 rings (SSSR count).